The molecule has 0 spiro atoms. The number of carbonyl (C=O) groups is 1. The highest BCUT2D eigenvalue weighted by Crippen LogP contribution is 2.43. The zero-order valence-electron chi connectivity index (χ0n) is 21.8. The average molecular weight is 568 g/mol. The Labute approximate surface area is 237 Å². The quantitative estimate of drug-likeness (QED) is 0.410. The number of carbonyl (C=O) groups excluding carboxylic acids is 1. The lowest BCUT2D eigenvalue weighted by Crippen LogP contribution is -3.00. The monoisotopic (exact) mass is 566 g/mol. The van der Waals surface area contributed by atoms with Crippen LogP contribution in [0.2, 0.25) is 5.02 Å². The molecular weight excluding hydrogens is 538 g/mol. The standard InChI is InChI=1S/C28H28ClFN2OS.2ClH/c29-22-9-12-28-24(19-22)25(18-21-4-1-2-6-27(21)34-28)32-16-14-31(15-17-32)13-3-5-26(33)20-7-10-23(30)11-8-20;;/h1-2,4,6-12,19,25H,3,5,13-18H2;2*1H. The molecular formula is C28H30Cl3FN2OS. The summed E-state index contributed by atoms with van der Waals surface area (Å²) in [5, 5.41) is 0.791. The van der Waals surface area contributed by atoms with E-state index in [1.807, 2.05) is 17.8 Å². The van der Waals surface area contributed by atoms with Crippen LogP contribution in [0.1, 0.15) is 43.2 Å². The molecule has 2 aliphatic heterocycles. The average Bonchev–Trinajstić information content (AvgIpc) is 3.01. The summed E-state index contributed by atoms with van der Waals surface area (Å²) in [5.41, 5.74) is 3.31. The molecule has 1 fully saturated rings. The van der Waals surface area contributed by atoms with E-state index in [0.29, 0.717) is 18.0 Å². The maximum atomic E-state index is 13.1. The zero-order chi connectivity index (χ0) is 23.5. The van der Waals surface area contributed by atoms with Crippen molar-refractivity contribution in [1.29, 1.82) is 0 Å². The number of ketones is 1. The lowest BCUT2D eigenvalue weighted by Gasteiger charge is -2.39. The minimum atomic E-state index is -0.310. The Morgan fingerprint density at radius 2 is 1.69 bits per heavy atom. The maximum Gasteiger partial charge on any atom is 1.00 e. The molecule has 5 rings (SSSR count). The molecule has 1 atom stereocenters. The van der Waals surface area contributed by atoms with Crippen LogP contribution in [0.3, 0.4) is 0 Å². The van der Waals surface area contributed by atoms with Crippen LogP contribution in [0.4, 0.5) is 4.39 Å². The van der Waals surface area contributed by atoms with Crippen LogP contribution >= 0.6 is 23.4 Å². The number of benzene rings is 3. The fourth-order valence-electron chi connectivity index (χ4n) is 4.95. The summed E-state index contributed by atoms with van der Waals surface area (Å²) in [4.78, 5) is 20.0. The predicted octanol–water partition coefficient (Wildman–Crippen LogP) is 0.741. The number of fused-ring (bicyclic) bond motifs is 2. The molecule has 2 heterocycles. The minimum absolute atomic E-state index is 0. The molecule has 3 aromatic carbocycles. The molecule has 0 aromatic heterocycles. The van der Waals surface area contributed by atoms with Gasteiger partial charge in [-0.05, 0) is 79.0 Å². The van der Waals surface area contributed by atoms with Gasteiger partial charge in [0.2, 0.25) is 0 Å². The molecule has 8 heteroatoms. The Hall–Kier alpha value is -1.60. The highest BCUT2D eigenvalue weighted by Gasteiger charge is 2.30. The van der Waals surface area contributed by atoms with Crippen LogP contribution in [-0.4, -0.2) is 48.3 Å². The molecule has 2 aliphatic rings. The van der Waals surface area contributed by atoms with E-state index in [2.05, 4.69) is 46.2 Å². The first-order valence-electron chi connectivity index (χ1n) is 11.9. The third-order valence-electron chi connectivity index (χ3n) is 6.83. The van der Waals surface area contributed by atoms with Gasteiger partial charge in [-0.15, -0.1) is 0 Å². The van der Waals surface area contributed by atoms with Crippen molar-refractivity contribution in [2.24, 2.45) is 0 Å². The number of Topliss-reactive ketones (excluding diaryl/α,β-unsaturated/α-hetero) is 1. The first kappa shape index (κ1) is 29.0. The van der Waals surface area contributed by atoms with E-state index in [1.54, 1.807) is 12.1 Å². The normalized spacial score (nSPS) is 17.7. The SMILES string of the molecule is O=C(CCCN1CCN(C2Cc3ccccc3Sc3ccc(Cl)cc32)CC1)c1ccc(F)cc1.[Cl-].[Cl-].[H+].[H+]. The van der Waals surface area contributed by atoms with Crippen molar-refractivity contribution in [2.45, 2.75) is 35.1 Å². The Morgan fingerprint density at radius 1 is 0.972 bits per heavy atom. The van der Waals surface area contributed by atoms with Crippen LogP contribution in [0.15, 0.2) is 76.5 Å². The van der Waals surface area contributed by atoms with E-state index < -0.39 is 0 Å². The van der Waals surface area contributed by atoms with Crippen LogP contribution < -0.4 is 24.8 Å². The molecule has 3 aromatic rings. The van der Waals surface area contributed by atoms with Crippen LogP contribution in [-0.2, 0) is 6.42 Å². The fraction of sp³-hybridized carbons (Fsp3) is 0.321. The number of rotatable bonds is 6. The molecule has 0 radical (unpaired) electrons. The lowest BCUT2D eigenvalue weighted by molar-refractivity contribution is -0.001000. The van der Waals surface area contributed by atoms with Crippen LogP contribution in [0.25, 0.3) is 0 Å². The molecule has 3 nitrogen and oxygen atoms in total. The Bertz CT molecular complexity index is 1180. The fourth-order valence-corrected chi connectivity index (χ4v) is 6.24. The third-order valence-corrected chi connectivity index (χ3v) is 8.27. The number of nitrogens with zero attached hydrogens (tertiary/aromatic N) is 2. The van der Waals surface area contributed by atoms with Gasteiger partial charge in [0.25, 0.3) is 0 Å². The van der Waals surface area contributed by atoms with Gasteiger partial charge in [0.05, 0.1) is 0 Å². The van der Waals surface area contributed by atoms with Gasteiger partial charge in [0.1, 0.15) is 5.82 Å². The van der Waals surface area contributed by atoms with Gasteiger partial charge < -0.3 is 29.7 Å². The molecule has 0 aliphatic carbocycles. The second kappa shape index (κ2) is 13.3. The topological polar surface area (TPSA) is 23.6 Å². The van der Waals surface area contributed by atoms with E-state index in [4.69, 9.17) is 11.6 Å². The number of hydrogen-bond acceptors (Lipinski definition) is 4. The van der Waals surface area contributed by atoms with Crippen molar-refractivity contribution in [3.05, 3.63) is 94.3 Å². The molecule has 0 saturated carbocycles. The van der Waals surface area contributed by atoms with Crippen LogP contribution in [0.5, 0.6) is 0 Å². The van der Waals surface area contributed by atoms with Gasteiger partial charge >= 0.3 is 2.85 Å². The first-order valence-corrected chi connectivity index (χ1v) is 13.1. The van der Waals surface area contributed by atoms with Gasteiger partial charge in [-0.1, -0.05) is 41.6 Å². The van der Waals surface area contributed by atoms with Crippen LogP contribution in [0, 0.1) is 5.82 Å². The van der Waals surface area contributed by atoms with Crippen molar-refractivity contribution in [2.75, 3.05) is 32.7 Å². The Morgan fingerprint density at radius 3 is 2.44 bits per heavy atom. The maximum absolute atomic E-state index is 13.1. The Balaban J connectivity index is 0.00000180. The largest absolute Gasteiger partial charge is 1.00 e. The molecule has 192 valence electrons. The lowest BCUT2D eigenvalue weighted by atomic mass is 9.96. The van der Waals surface area contributed by atoms with Crippen molar-refractivity contribution >= 4 is 29.1 Å². The summed E-state index contributed by atoms with van der Waals surface area (Å²) in [5.74, 6) is -0.225. The van der Waals surface area contributed by atoms with Gasteiger partial charge in [0, 0.05) is 59.0 Å². The molecule has 0 N–H and O–H groups in total. The second-order valence-corrected chi connectivity index (χ2v) is 10.5. The smallest absolute Gasteiger partial charge is 1.00 e. The van der Waals surface area contributed by atoms with E-state index in [0.717, 1.165) is 50.6 Å². The summed E-state index contributed by atoms with van der Waals surface area (Å²) in [6.07, 6.45) is 2.30. The summed E-state index contributed by atoms with van der Waals surface area (Å²) in [7, 11) is 0. The first-order chi connectivity index (χ1) is 16.6. The molecule has 1 saturated heterocycles. The van der Waals surface area contributed by atoms with Crippen molar-refractivity contribution < 1.29 is 36.9 Å². The summed E-state index contributed by atoms with van der Waals surface area (Å²) in [6, 6.07) is 21.2. The van der Waals surface area contributed by atoms with Gasteiger partial charge in [-0.2, -0.15) is 0 Å². The molecule has 36 heavy (non-hydrogen) atoms. The highest BCUT2D eigenvalue weighted by molar-refractivity contribution is 7.99. The number of piperazine rings is 1. The predicted molar refractivity (Wildman–Crippen MR) is 139 cm³/mol. The van der Waals surface area contributed by atoms with E-state index >= 15 is 0 Å². The van der Waals surface area contributed by atoms with Crippen molar-refractivity contribution in [1.82, 2.24) is 9.80 Å². The minimum Gasteiger partial charge on any atom is -1.00 e. The highest BCUT2D eigenvalue weighted by atomic mass is 35.5. The van der Waals surface area contributed by atoms with E-state index in [-0.39, 0.29) is 39.3 Å². The summed E-state index contributed by atoms with van der Waals surface area (Å²) in [6.45, 7) is 4.88. The Kier molecular flexibility index (Phi) is 10.7. The van der Waals surface area contributed by atoms with E-state index in [9.17, 15) is 9.18 Å². The van der Waals surface area contributed by atoms with Gasteiger partial charge in [-0.3, -0.25) is 9.69 Å². The number of halogens is 4. The van der Waals surface area contributed by atoms with Crippen molar-refractivity contribution in [3.63, 3.8) is 0 Å². The third kappa shape index (κ3) is 6.83. The second-order valence-electron chi connectivity index (χ2n) is 9.02. The summed E-state index contributed by atoms with van der Waals surface area (Å²) < 4.78 is 13.1. The van der Waals surface area contributed by atoms with Crippen molar-refractivity contribution in [3.8, 4) is 0 Å². The molecule has 0 amide bonds. The molecule has 1 unspecified atom stereocenters. The van der Waals surface area contributed by atoms with Gasteiger partial charge in [-0.25, -0.2) is 4.39 Å². The zero-order valence-corrected chi connectivity index (χ0v) is 22.9. The van der Waals surface area contributed by atoms with E-state index in [1.165, 1.54) is 33.1 Å². The number of hydrogen-bond donors (Lipinski definition) is 0. The molecule has 0 bridgehead atoms. The summed E-state index contributed by atoms with van der Waals surface area (Å²) >= 11 is 8.27. The van der Waals surface area contributed by atoms with Gasteiger partial charge in [0.15, 0.2) is 5.78 Å².